The molecule has 1 aliphatic carbocycles. The van der Waals surface area contributed by atoms with Crippen molar-refractivity contribution in [3.63, 3.8) is 0 Å². The molecule has 0 saturated heterocycles. The van der Waals surface area contributed by atoms with Gasteiger partial charge in [0.25, 0.3) is 5.91 Å². The van der Waals surface area contributed by atoms with Crippen LogP contribution in [0, 0.1) is 5.92 Å². The van der Waals surface area contributed by atoms with Gasteiger partial charge in [-0.2, -0.15) is 0 Å². The summed E-state index contributed by atoms with van der Waals surface area (Å²) in [5.74, 6) is 1.23. The number of nitrogens with one attached hydrogen (secondary N) is 1. The Labute approximate surface area is 256 Å². The topological polar surface area (TPSA) is 65.1 Å². The Morgan fingerprint density at radius 2 is 1.91 bits per heavy atom. The van der Waals surface area contributed by atoms with Crippen LogP contribution >= 0.6 is 0 Å². The van der Waals surface area contributed by atoms with Gasteiger partial charge in [0.2, 0.25) is 5.91 Å². The number of allylic oxidation sites excluding steroid dienone is 2. The molecule has 3 aliphatic rings. The standard InChI is InChI=1S/C36H44N4O3/c1-5-30-22-26(20-21-39(30)6-2)23-37-32-17-11-16-29-18-19-33(43-35(29)32)36(42)40(25-34(41)38(3)4)24-31(28-14-10-15-28)27-12-8-7-9-13-27/h5-9,11-13,16-17,20-22,28,31,33,37H,2,10,14-15,18-19,23-25H2,1,3-4H3/b30-5-. The number of carbonyl (C=O) groups is 2. The fourth-order valence-electron chi connectivity index (χ4n) is 6.05. The Balaban J connectivity index is 1.34. The van der Waals surface area contributed by atoms with Crippen LogP contribution in [0.1, 0.15) is 49.7 Å². The number of anilines is 1. The van der Waals surface area contributed by atoms with Crippen molar-refractivity contribution in [3.8, 4) is 5.75 Å². The Bertz CT molecular complexity index is 1410. The van der Waals surface area contributed by atoms with Crippen LogP contribution < -0.4 is 10.1 Å². The molecule has 43 heavy (non-hydrogen) atoms. The van der Waals surface area contributed by atoms with E-state index in [2.05, 4.69) is 60.5 Å². The average molecular weight is 581 g/mol. The second kappa shape index (κ2) is 13.8. The van der Waals surface area contributed by atoms with Gasteiger partial charge in [-0.3, -0.25) is 9.59 Å². The van der Waals surface area contributed by atoms with E-state index in [9.17, 15) is 9.59 Å². The molecule has 0 radical (unpaired) electrons. The van der Waals surface area contributed by atoms with Gasteiger partial charge in [0.05, 0.1) is 12.2 Å². The molecule has 2 aliphatic heterocycles. The molecule has 1 saturated carbocycles. The summed E-state index contributed by atoms with van der Waals surface area (Å²) in [6, 6.07) is 16.5. The average Bonchev–Trinajstić information content (AvgIpc) is 3.01. The van der Waals surface area contributed by atoms with Crippen LogP contribution in [0.3, 0.4) is 0 Å². The summed E-state index contributed by atoms with van der Waals surface area (Å²) in [7, 11) is 3.48. The summed E-state index contributed by atoms with van der Waals surface area (Å²) in [4.78, 5) is 32.4. The fourth-order valence-corrected chi connectivity index (χ4v) is 6.05. The lowest BCUT2D eigenvalue weighted by atomic mass is 9.72. The summed E-state index contributed by atoms with van der Waals surface area (Å²) in [5, 5.41) is 3.54. The third kappa shape index (κ3) is 7.04. The smallest absolute Gasteiger partial charge is 0.264 e. The number of amides is 2. The molecule has 2 aromatic rings. The van der Waals surface area contributed by atoms with Crippen molar-refractivity contribution < 1.29 is 14.3 Å². The maximum absolute atomic E-state index is 14.2. The van der Waals surface area contributed by atoms with Gasteiger partial charge in [0, 0.05) is 51.2 Å². The molecule has 2 atom stereocenters. The monoisotopic (exact) mass is 580 g/mol. The van der Waals surface area contributed by atoms with Crippen molar-refractivity contribution in [2.24, 2.45) is 5.92 Å². The Hall–Kier alpha value is -4.26. The van der Waals surface area contributed by atoms with E-state index in [0.29, 0.717) is 25.4 Å². The van der Waals surface area contributed by atoms with Gasteiger partial charge < -0.3 is 24.8 Å². The minimum absolute atomic E-state index is 0.0456. The molecule has 0 aromatic heterocycles. The molecule has 0 spiro atoms. The number of para-hydroxylation sites is 1. The van der Waals surface area contributed by atoms with Crippen LogP contribution in [0.5, 0.6) is 5.75 Å². The van der Waals surface area contributed by atoms with Gasteiger partial charge in [-0.05, 0) is 73.4 Å². The highest BCUT2D eigenvalue weighted by atomic mass is 16.5. The molecule has 1 fully saturated rings. The molecule has 2 aromatic carbocycles. The maximum Gasteiger partial charge on any atom is 0.264 e. The molecular formula is C36H44N4O3. The second-order valence-corrected chi connectivity index (χ2v) is 11.8. The van der Waals surface area contributed by atoms with Crippen molar-refractivity contribution in [2.45, 2.75) is 51.0 Å². The third-order valence-corrected chi connectivity index (χ3v) is 8.86. The number of benzene rings is 2. The number of hydrogen-bond acceptors (Lipinski definition) is 5. The van der Waals surface area contributed by atoms with E-state index in [4.69, 9.17) is 4.74 Å². The predicted molar refractivity (Wildman–Crippen MR) is 172 cm³/mol. The minimum Gasteiger partial charge on any atom is -0.478 e. The minimum atomic E-state index is -0.646. The Kier molecular flexibility index (Phi) is 9.70. The van der Waals surface area contributed by atoms with E-state index in [-0.39, 0.29) is 24.3 Å². The van der Waals surface area contributed by atoms with Crippen LogP contribution in [0.2, 0.25) is 0 Å². The quantitative estimate of drug-likeness (QED) is 0.348. The lowest BCUT2D eigenvalue weighted by molar-refractivity contribution is -0.145. The molecular weight excluding hydrogens is 536 g/mol. The zero-order chi connectivity index (χ0) is 30.3. The van der Waals surface area contributed by atoms with Gasteiger partial charge in [-0.15, -0.1) is 0 Å². The summed E-state index contributed by atoms with van der Waals surface area (Å²) in [6.45, 7) is 7.05. The van der Waals surface area contributed by atoms with E-state index in [0.717, 1.165) is 47.5 Å². The van der Waals surface area contributed by atoms with Crippen molar-refractivity contribution >= 4 is 17.5 Å². The van der Waals surface area contributed by atoms with Gasteiger partial charge in [-0.1, -0.05) is 61.5 Å². The number of ether oxygens (including phenoxy) is 1. The Morgan fingerprint density at radius 1 is 1.12 bits per heavy atom. The van der Waals surface area contributed by atoms with Crippen molar-refractivity contribution in [3.05, 3.63) is 108 Å². The first-order valence-corrected chi connectivity index (χ1v) is 15.4. The zero-order valence-corrected chi connectivity index (χ0v) is 25.7. The predicted octanol–water partition coefficient (Wildman–Crippen LogP) is 6.10. The van der Waals surface area contributed by atoms with E-state index in [1.54, 1.807) is 30.1 Å². The summed E-state index contributed by atoms with van der Waals surface area (Å²) < 4.78 is 6.50. The van der Waals surface area contributed by atoms with Crippen LogP contribution in [0.4, 0.5) is 5.69 Å². The van der Waals surface area contributed by atoms with Gasteiger partial charge in [-0.25, -0.2) is 0 Å². The first-order valence-electron chi connectivity index (χ1n) is 15.4. The van der Waals surface area contributed by atoms with Gasteiger partial charge in [0.1, 0.15) is 5.75 Å². The van der Waals surface area contributed by atoms with Crippen molar-refractivity contribution in [1.82, 2.24) is 14.7 Å². The lowest BCUT2D eigenvalue weighted by Gasteiger charge is -2.39. The first kappa shape index (κ1) is 30.2. The number of carbonyl (C=O) groups excluding carboxylic acids is 2. The number of fused-ring (bicyclic) bond motifs is 1. The molecule has 5 rings (SSSR count). The summed E-state index contributed by atoms with van der Waals surface area (Å²) in [5.41, 5.74) is 5.37. The lowest BCUT2D eigenvalue weighted by Crippen LogP contribution is -2.49. The van der Waals surface area contributed by atoms with E-state index in [1.807, 2.05) is 36.2 Å². The van der Waals surface area contributed by atoms with Gasteiger partial charge >= 0.3 is 0 Å². The maximum atomic E-state index is 14.2. The molecule has 2 unspecified atom stereocenters. The van der Waals surface area contributed by atoms with Crippen molar-refractivity contribution in [1.29, 1.82) is 0 Å². The van der Waals surface area contributed by atoms with Crippen LogP contribution in [-0.2, 0) is 16.0 Å². The molecule has 2 amide bonds. The van der Waals surface area contributed by atoms with Crippen LogP contribution in [0.15, 0.2) is 97.0 Å². The first-order chi connectivity index (χ1) is 20.9. The number of likely N-dealkylation sites (N-methyl/N-ethyl adjacent to an activating group) is 1. The highest BCUT2D eigenvalue weighted by molar-refractivity contribution is 5.87. The largest absolute Gasteiger partial charge is 0.478 e. The number of hydrogen-bond donors (Lipinski definition) is 1. The molecule has 1 N–H and O–H groups in total. The van der Waals surface area contributed by atoms with E-state index >= 15 is 0 Å². The molecule has 7 nitrogen and oxygen atoms in total. The SMILES string of the molecule is C=CN1C=CC(CNc2cccc3c2OC(C(=O)N(CC(=O)N(C)C)CC(c2ccccc2)C2CCC2)CC3)=C/C1=C/C. The highest BCUT2D eigenvalue weighted by Gasteiger charge is 2.36. The third-order valence-electron chi connectivity index (χ3n) is 8.86. The fraction of sp³-hybridized carbons (Fsp3) is 0.389. The van der Waals surface area contributed by atoms with Crippen LogP contribution in [-0.4, -0.2) is 66.3 Å². The summed E-state index contributed by atoms with van der Waals surface area (Å²) >= 11 is 0. The zero-order valence-electron chi connectivity index (χ0n) is 25.7. The van der Waals surface area contributed by atoms with Gasteiger partial charge in [0.15, 0.2) is 6.10 Å². The molecule has 7 heteroatoms. The van der Waals surface area contributed by atoms with Crippen molar-refractivity contribution in [2.75, 3.05) is 39.0 Å². The molecule has 226 valence electrons. The molecule has 2 heterocycles. The number of nitrogens with zero attached hydrogens (tertiary/aromatic N) is 3. The normalized spacial score (nSPS) is 19.4. The summed E-state index contributed by atoms with van der Waals surface area (Å²) in [6.07, 6.45) is 14.2. The number of aryl methyl sites for hydroxylation is 1. The molecule has 0 bridgehead atoms. The Morgan fingerprint density at radius 3 is 2.58 bits per heavy atom. The number of rotatable bonds is 11. The second-order valence-electron chi connectivity index (χ2n) is 11.8. The van der Waals surface area contributed by atoms with Crippen LogP contribution in [0.25, 0.3) is 0 Å². The van der Waals surface area contributed by atoms with E-state index in [1.165, 1.54) is 12.0 Å². The highest BCUT2D eigenvalue weighted by Crippen LogP contribution is 2.40. The van der Waals surface area contributed by atoms with E-state index < -0.39 is 6.10 Å².